The lowest BCUT2D eigenvalue weighted by Crippen LogP contribution is -1.96. The predicted octanol–water partition coefficient (Wildman–Crippen LogP) is 13.9. The van der Waals surface area contributed by atoms with Gasteiger partial charge in [0, 0.05) is 13.2 Å². The molecule has 0 aromatic rings. The molecule has 1 heteroatoms. The first-order valence-electron chi connectivity index (χ1n) is 18.5. The molecule has 0 aliphatic carbocycles. The zero-order valence-corrected chi connectivity index (χ0v) is 27.2. The Hall–Kier alpha value is -0.0400. The van der Waals surface area contributed by atoms with Crippen LogP contribution in [0.1, 0.15) is 226 Å². The van der Waals surface area contributed by atoms with Crippen molar-refractivity contribution in [1.82, 2.24) is 0 Å². The average molecular weight is 537 g/mol. The van der Waals surface area contributed by atoms with Crippen molar-refractivity contribution in [3.63, 3.8) is 0 Å². The van der Waals surface area contributed by atoms with Gasteiger partial charge in [-0.2, -0.15) is 0 Å². The first kappa shape index (κ1) is 38.0. The minimum atomic E-state index is 0.980. The number of hydrogen-bond donors (Lipinski definition) is 0. The molecule has 0 aromatic carbocycles. The summed E-state index contributed by atoms with van der Waals surface area (Å²) in [6.07, 6.45) is 47.8. The second kappa shape index (κ2) is 37.0. The van der Waals surface area contributed by atoms with Gasteiger partial charge in [0.05, 0.1) is 0 Å². The molecule has 230 valence electrons. The lowest BCUT2D eigenvalue weighted by Gasteiger charge is -2.05. The Morgan fingerprint density at radius 3 is 0.605 bits per heavy atom. The molecule has 0 saturated heterocycles. The van der Waals surface area contributed by atoms with Crippen LogP contribution >= 0.6 is 0 Å². The Balaban J connectivity index is 3.01. The molecule has 0 radical (unpaired) electrons. The van der Waals surface area contributed by atoms with Crippen molar-refractivity contribution in [2.45, 2.75) is 226 Å². The molecular formula is C37H76O. The number of hydrogen-bond acceptors (Lipinski definition) is 1. The highest BCUT2D eigenvalue weighted by atomic mass is 16.5. The van der Waals surface area contributed by atoms with Gasteiger partial charge >= 0.3 is 0 Å². The van der Waals surface area contributed by atoms with Crippen molar-refractivity contribution in [2.24, 2.45) is 0 Å². The van der Waals surface area contributed by atoms with Crippen LogP contribution in [0, 0.1) is 0 Å². The summed E-state index contributed by atoms with van der Waals surface area (Å²) in [6, 6.07) is 0. The Morgan fingerprint density at radius 1 is 0.211 bits per heavy atom. The summed E-state index contributed by atoms with van der Waals surface area (Å²) in [4.78, 5) is 0. The highest BCUT2D eigenvalue weighted by molar-refractivity contribution is 4.52. The van der Waals surface area contributed by atoms with Gasteiger partial charge in [-0.3, -0.25) is 0 Å². The Bertz CT molecular complexity index is 343. The third-order valence-electron chi connectivity index (χ3n) is 8.53. The normalized spacial score (nSPS) is 11.5. The molecule has 0 N–H and O–H groups in total. The van der Waals surface area contributed by atoms with Gasteiger partial charge in [-0.25, -0.2) is 0 Å². The quantitative estimate of drug-likeness (QED) is 0.0732. The fraction of sp³-hybridized carbons (Fsp3) is 1.00. The summed E-state index contributed by atoms with van der Waals surface area (Å²) >= 11 is 0. The summed E-state index contributed by atoms with van der Waals surface area (Å²) < 4.78 is 5.70. The molecule has 0 atom stereocenters. The molecule has 0 aromatic heterocycles. The second-order valence-electron chi connectivity index (χ2n) is 12.6. The molecule has 38 heavy (non-hydrogen) atoms. The van der Waals surface area contributed by atoms with Crippen LogP contribution in [0.4, 0.5) is 0 Å². The monoisotopic (exact) mass is 537 g/mol. The van der Waals surface area contributed by atoms with Crippen LogP contribution in [0.25, 0.3) is 0 Å². The first-order valence-corrected chi connectivity index (χ1v) is 18.5. The van der Waals surface area contributed by atoms with Crippen LogP contribution in [0.3, 0.4) is 0 Å². The molecule has 1 nitrogen and oxygen atoms in total. The molecule has 0 rings (SSSR count). The lowest BCUT2D eigenvalue weighted by atomic mass is 10.0. The van der Waals surface area contributed by atoms with Crippen molar-refractivity contribution in [1.29, 1.82) is 0 Å². The minimum Gasteiger partial charge on any atom is -0.381 e. The maximum Gasteiger partial charge on any atom is 0.0466 e. The maximum atomic E-state index is 5.70. The Labute approximate surface area is 243 Å². The van der Waals surface area contributed by atoms with Crippen LogP contribution in [-0.2, 0) is 4.74 Å². The Kier molecular flexibility index (Phi) is 36.9. The van der Waals surface area contributed by atoms with Crippen LogP contribution in [0.2, 0.25) is 0 Å². The van der Waals surface area contributed by atoms with Crippen LogP contribution in [0.15, 0.2) is 0 Å². The fourth-order valence-electron chi connectivity index (χ4n) is 5.78. The highest BCUT2D eigenvalue weighted by Gasteiger charge is 1.97. The predicted molar refractivity (Wildman–Crippen MR) is 175 cm³/mol. The minimum absolute atomic E-state index is 0.980. The zero-order chi connectivity index (χ0) is 27.5. The molecule has 0 saturated carbocycles. The molecule has 0 unspecified atom stereocenters. The maximum absolute atomic E-state index is 5.70. The highest BCUT2D eigenvalue weighted by Crippen LogP contribution is 2.16. The van der Waals surface area contributed by atoms with Gasteiger partial charge < -0.3 is 4.74 Å². The number of unbranched alkanes of at least 4 members (excludes halogenated alkanes) is 31. The van der Waals surface area contributed by atoms with E-state index in [1.54, 1.807) is 0 Å². The van der Waals surface area contributed by atoms with Crippen molar-refractivity contribution in [3.05, 3.63) is 0 Å². The molecule has 0 aliphatic rings. The van der Waals surface area contributed by atoms with E-state index < -0.39 is 0 Å². The third-order valence-corrected chi connectivity index (χ3v) is 8.53. The molecule has 0 heterocycles. The van der Waals surface area contributed by atoms with Crippen molar-refractivity contribution < 1.29 is 4.74 Å². The molecule has 0 amide bonds. The van der Waals surface area contributed by atoms with E-state index in [-0.39, 0.29) is 0 Å². The third kappa shape index (κ3) is 36.0. The fourth-order valence-corrected chi connectivity index (χ4v) is 5.78. The lowest BCUT2D eigenvalue weighted by molar-refractivity contribution is 0.126. The number of rotatable bonds is 35. The summed E-state index contributed by atoms with van der Waals surface area (Å²) in [5.41, 5.74) is 0. The van der Waals surface area contributed by atoms with Crippen molar-refractivity contribution >= 4 is 0 Å². The molecular weight excluding hydrogens is 460 g/mol. The largest absolute Gasteiger partial charge is 0.381 e. The summed E-state index contributed by atoms with van der Waals surface area (Å²) in [7, 11) is 0. The van der Waals surface area contributed by atoms with Crippen LogP contribution in [0.5, 0.6) is 0 Å². The van der Waals surface area contributed by atoms with E-state index in [9.17, 15) is 0 Å². The van der Waals surface area contributed by atoms with Gasteiger partial charge in [0.25, 0.3) is 0 Å². The standard InChI is InChI=1S/C37H76O/c1-3-5-7-8-9-10-11-12-13-14-15-16-17-18-19-20-21-22-23-24-25-26-27-28-29-30-31-32-33-35-37-38-36-34-6-4-2/h3-37H2,1-2H3. The van der Waals surface area contributed by atoms with Gasteiger partial charge in [0.2, 0.25) is 0 Å². The van der Waals surface area contributed by atoms with Gasteiger partial charge in [0.15, 0.2) is 0 Å². The van der Waals surface area contributed by atoms with Crippen LogP contribution < -0.4 is 0 Å². The van der Waals surface area contributed by atoms with E-state index in [4.69, 9.17) is 4.74 Å². The second-order valence-corrected chi connectivity index (χ2v) is 12.6. The smallest absolute Gasteiger partial charge is 0.0466 e. The van der Waals surface area contributed by atoms with E-state index in [0.29, 0.717) is 0 Å². The van der Waals surface area contributed by atoms with Crippen molar-refractivity contribution in [2.75, 3.05) is 13.2 Å². The summed E-state index contributed by atoms with van der Waals surface area (Å²) in [6.45, 7) is 6.53. The van der Waals surface area contributed by atoms with Crippen molar-refractivity contribution in [3.8, 4) is 0 Å². The van der Waals surface area contributed by atoms with Gasteiger partial charge in [-0.1, -0.05) is 213 Å². The van der Waals surface area contributed by atoms with E-state index in [2.05, 4.69) is 13.8 Å². The summed E-state index contributed by atoms with van der Waals surface area (Å²) in [5.74, 6) is 0. The number of ether oxygens (including phenoxy) is 1. The van der Waals surface area contributed by atoms with E-state index in [1.807, 2.05) is 0 Å². The van der Waals surface area contributed by atoms with E-state index >= 15 is 0 Å². The Morgan fingerprint density at radius 2 is 0.368 bits per heavy atom. The molecule has 0 bridgehead atoms. The molecule has 0 spiro atoms. The molecule has 0 aliphatic heterocycles. The first-order chi connectivity index (χ1) is 18.9. The zero-order valence-electron chi connectivity index (χ0n) is 27.2. The van der Waals surface area contributed by atoms with Gasteiger partial charge in [-0.05, 0) is 12.8 Å². The van der Waals surface area contributed by atoms with Crippen LogP contribution in [-0.4, -0.2) is 13.2 Å². The molecule has 0 fully saturated rings. The van der Waals surface area contributed by atoms with E-state index in [1.165, 1.54) is 212 Å². The summed E-state index contributed by atoms with van der Waals surface area (Å²) in [5, 5.41) is 0. The van der Waals surface area contributed by atoms with Gasteiger partial charge in [-0.15, -0.1) is 0 Å². The topological polar surface area (TPSA) is 9.23 Å². The van der Waals surface area contributed by atoms with E-state index in [0.717, 1.165) is 13.2 Å². The average Bonchev–Trinajstić information content (AvgIpc) is 2.93. The van der Waals surface area contributed by atoms with Gasteiger partial charge in [0.1, 0.15) is 0 Å². The SMILES string of the molecule is CCCCCCCCCCCCCCCCCCCCCCCCCCCCCCCCOCCCCC.